The second kappa shape index (κ2) is 8.12. The van der Waals surface area contributed by atoms with E-state index in [9.17, 15) is 26.0 Å². The van der Waals surface area contributed by atoms with Crippen LogP contribution in [0.4, 0.5) is 23.2 Å². The van der Waals surface area contributed by atoms with E-state index in [1.165, 1.54) is 25.1 Å². The van der Waals surface area contributed by atoms with Gasteiger partial charge >= 0.3 is 6.18 Å². The molecule has 2 aromatic heterocycles. The molecule has 12 heteroatoms. The third-order valence-corrected chi connectivity index (χ3v) is 5.80. The van der Waals surface area contributed by atoms with Crippen LogP contribution in [0.25, 0.3) is 0 Å². The molecule has 0 aliphatic heterocycles. The third-order valence-electron chi connectivity index (χ3n) is 4.37. The van der Waals surface area contributed by atoms with Gasteiger partial charge in [0, 0.05) is 12.5 Å². The smallest absolute Gasteiger partial charge is 0.370 e. The minimum atomic E-state index is -4.75. The van der Waals surface area contributed by atoms with Crippen molar-refractivity contribution in [1.82, 2.24) is 15.0 Å². The first kappa shape index (κ1) is 23.0. The number of imidazole rings is 1. The van der Waals surface area contributed by atoms with E-state index in [-0.39, 0.29) is 32.8 Å². The van der Waals surface area contributed by atoms with Crippen LogP contribution >= 0.6 is 11.6 Å². The highest BCUT2D eigenvalue weighted by Gasteiger charge is 2.36. The number of halogens is 5. The van der Waals surface area contributed by atoms with Gasteiger partial charge in [0.15, 0.2) is 20.6 Å². The van der Waals surface area contributed by atoms with Crippen molar-refractivity contribution in [2.24, 2.45) is 0 Å². The van der Waals surface area contributed by atoms with E-state index < -0.39 is 33.6 Å². The Balaban J connectivity index is 2.19. The van der Waals surface area contributed by atoms with Crippen LogP contribution in [0.2, 0.25) is 5.02 Å². The molecule has 2 heterocycles. The maximum Gasteiger partial charge on any atom is 0.435 e. The zero-order valence-corrected chi connectivity index (χ0v) is 18.0. The largest absolute Gasteiger partial charge is 0.435 e. The van der Waals surface area contributed by atoms with Crippen molar-refractivity contribution in [2.75, 3.05) is 11.6 Å². The minimum absolute atomic E-state index is 0.00947. The van der Waals surface area contributed by atoms with E-state index in [1.54, 1.807) is 6.92 Å². The van der Waals surface area contributed by atoms with Crippen LogP contribution < -0.4 is 5.32 Å². The first-order valence-electron chi connectivity index (χ1n) is 8.79. The molecule has 0 amide bonds. The molecule has 0 aliphatic rings. The number of alkyl halides is 3. The van der Waals surface area contributed by atoms with Gasteiger partial charge in [0.05, 0.1) is 16.4 Å². The molecule has 166 valence electrons. The van der Waals surface area contributed by atoms with Crippen molar-refractivity contribution in [3.05, 3.63) is 69.6 Å². The lowest BCUT2D eigenvalue weighted by Gasteiger charge is -2.22. The number of sulfone groups is 1. The maximum absolute atomic E-state index is 13.7. The molecule has 3 rings (SSSR count). The molecule has 2 N–H and O–H groups in total. The number of aryl methyl sites for hydroxylation is 2. The zero-order chi connectivity index (χ0) is 23.1. The Kier molecular flexibility index (Phi) is 6.03. The second-order valence-corrected chi connectivity index (χ2v) is 9.33. The number of hydrogen-bond acceptors (Lipinski definition) is 5. The maximum atomic E-state index is 13.7. The molecular weight excluding hydrogens is 460 g/mol. The summed E-state index contributed by atoms with van der Waals surface area (Å²) in [7, 11) is -3.68. The Morgan fingerprint density at radius 3 is 2.42 bits per heavy atom. The Morgan fingerprint density at radius 2 is 1.87 bits per heavy atom. The fraction of sp³-hybridized carbons (Fsp3) is 0.263. The molecule has 1 aromatic carbocycles. The quantitative estimate of drug-likeness (QED) is 0.515. The van der Waals surface area contributed by atoms with Gasteiger partial charge in [-0.15, -0.1) is 0 Å². The van der Waals surface area contributed by atoms with Crippen LogP contribution in [-0.2, 0) is 16.0 Å². The average Bonchev–Trinajstić information content (AvgIpc) is 3.03. The van der Waals surface area contributed by atoms with Crippen molar-refractivity contribution in [3.8, 4) is 0 Å². The predicted octanol–water partition coefficient (Wildman–Crippen LogP) is 4.84. The molecule has 0 saturated carbocycles. The van der Waals surface area contributed by atoms with Gasteiger partial charge in [0.2, 0.25) is 0 Å². The topological polar surface area (TPSA) is 87.7 Å². The third kappa shape index (κ3) is 4.99. The number of pyridine rings is 1. The number of aromatic amines is 1. The highest BCUT2D eigenvalue weighted by Crippen LogP contribution is 2.37. The van der Waals surface area contributed by atoms with E-state index in [0.717, 1.165) is 18.5 Å². The Bertz CT molecular complexity index is 1240. The summed E-state index contributed by atoms with van der Waals surface area (Å²) in [4.78, 5) is 10.3. The lowest BCUT2D eigenvalue weighted by molar-refractivity contribution is -0.140. The van der Waals surface area contributed by atoms with Crippen molar-refractivity contribution < 1.29 is 26.0 Å². The number of benzene rings is 1. The summed E-state index contributed by atoms with van der Waals surface area (Å²) in [5, 5.41) is 2.28. The number of aromatic nitrogens is 3. The Labute approximate surface area is 180 Å². The minimum Gasteiger partial charge on any atom is -0.370 e. The van der Waals surface area contributed by atoms with E-state index in [4.69, 9.17) is 11.6 Å². The summed E-state index contributed by atoms with van der Waals surface area (Å²) >= 11 is 5.86. The lowest BCUT2D eigenvalue weighted by Crippen LogP contribution is -2.19. The number of nitrogens with one attached hydrogen (secondary N) is 2. The van der Waals surface area contributed by atoms with Gasteiger partial charge in [-0.3, -0.25) is 0 Å². The van der Waals surface area contributed by atoms with Crippen molar-refractivity contribution in [3.63, 3.8) is 0 Å². The van der Waals surface area contributed by atoms with Crippen LogP contribution in [0.15, 0.2) is 35.5 Å². The summed E-state index contributed by atoms with van der Waals surface area (Å²) < 4.78 is 78.2. The van der Waals surface area contributed by atoms with Gasteiger partial charge in [-0.25, -0.2) is 22.8 Å². The molecule has 0 spiro atoms. The first-order chi connectivity index (χ1) is 14.3. The van der Waals surface area contributed by atoms with Crippen molar-refractivity contribution in [1.29, 1.82) is 0 Å². The molecule has 3 aromatic rings. The summed E-state index contributed by atoms with van der Waals surface area (Å²) in [6.45, 7) is 3.02. The molecule has 1 unspecified atom stereocenters. The van der Waals surface area contributed by atoms with E-state index in [1.807, 2.05) is 0 Å². The highest BCUT2D eigenvalue weighted by molar-refractivity contribution is 7.90. The molecule has 0 bridgehead atoms. The van der Waals surface area contributed by atoms with Gasteiger partial charge in [-0.2, -0.15) is 13.2 Å². The van der Waals surface area contributed by atoms with Gasteiger partial charge in [0.1, 0.15) is 17.7 Å². The number of H-pyrrole nitrogens is 1. The number of rotatable bonds is 5. The number of anilines is 1. The van der Waals surface area contributed by atoms with Gasteiger partial charge in [-0.1, -0.05) is 17.7 Å². The lowest BCUT2D eigenvalue weighted by atomic mass is 10.0. The van der Waals surface area contributed by atoms with Crippen molar-refractivity contribution >= 4 is 27.1 Å². The monoisotopic (exact) mass is 476 g/mol. The molecule has 0 fully saturated rings. The average molecular weight is 477 g/mol. The van der Waals surface area contributed by atoms with E-state index >= 15 is 0 Å². The second-order valence-electron chi connectivity index (χ2n) is 6.97. The van der Waals surface area contributed by atoms with Gasteiger partial charge in [-0.05, 0) is 43.2 Å². The number of nitrogens with zero attached hydrogens (tertiary/aromatic N) is 2. The highest BCUT2D eigenvalue weighted by atomic mass is 35.5. The van der Waals surface area contributed by atoms with E-state index in [0.29, 0.717) is 5.56 Å². The summed E-state index contributed by atoms with van der Waals surface area (Å²) in [5.41, 5.74) is -0.666. The molecule has 6 nitrogen and oxygen atoms in total. The van der Waals surface area contributed by atoms with Crippen LogP contribution in [0.3, 0.4) is 0 Å². The Morgan fingerprint density at radius 1 is 1.19 bits per heavy atom. The molecule has 0 aliphatic carbocycles. The Hall–Kier alpha value is -2.66. The predicted molar refractivity (Wildman–Crippen MR) is 107 cm³/mol. The zero-order valence-electron chi connectivity index (χ0n) is 16.5. The van der Waals surface area contributed by atoms with Crippen LogP contribution in [0.1, 0.15) is 34.4 Å². The SMILES string of the molecule is Cc1cnc(C(F)(F)F)c(NC(c2ccc(F)c(Cl)c2)c2nc(C)c(S(C)(=O)=O)[nH]2)c1. The first-order valence-corrected chi connectivity index (χ1v) is 11.1. The fourth-order valence-electron chi connectivity index (χ4n) is 3.03. The summed E-state index contributed by atoms with van der Waals surface area (Å²) in [6.07, 6.45) is -2.70. The summed E-state index contributed by atoms with van der Waals surface area (Å²) in [6, 6.07) is 3.73. The molecule has 1 atom stereocenters. The standard InChI is InChI=1S/C19H17ClF4N4O2S/c1-9-6-14(16(25-8-9)19(22,23)24)27-15(11-4-5-13(21)12(20)7-11)17-26-10(2)18(28-17)31(3,29)30/h4-8,15,27H,1-3H3,(H,26,28). The molecule has 0 saturated heterocycles. The van der Waals surface area contributed by atoms with Crippen LogP contribution in [0.5, 0.6) is 0 Å². The normalized spacial score (nSPS) is 13.3. The summed E-state index contributed by atoms with van der Waals surface area (Å²) in [5.74, 6) is -0.708. The van der Waals surface area contributed by atoms with Gasteiger partial charge < -0.3 is 10.3 Å². The molecule has 0 radical (unpaired) electrons. The molecular formula is C19H17ClF4N4O2S. The molecule has 31 heavy (non-hydrogen) atoms. The number of hydrogen-bond donors (Lipinski definition) is 2. The van der Waals surface area contributed by atoms with Crippen LogP contribution in [0, 0.1) is 19.7 Å². The fourth-order valence-corrected chi connectivity index (χ4v) is 4.09. The van der Waals surface area contributed by atoms with E-state index in [2.05, 4.69) is 20.3 Å². The van der Waals surface area contributed by atoms with Crippen molar-refractivity contribution in [2.45, 2.75) is 31.1 Å². The van der Waals surface area contributed by atoms with Gasteiger partial charge in [0.25, 0.3) is 0 Å². The van der Waals surface area contributed by atoms with Crippen LogP contribution in [-0.4, -0.2) is 29.6 Å².